The third-order valence-corrected chi connectivity index (χ3v) is 6.45. The zero-order valence-corrected chi connectivity index (χ0v) is 24.4. The Bertz CT molecular complexity index is 1100. The molecule has 1 aliphatic rings. The third-order valence-electron chi connectivity index (χ3n) is 6.45. The van der Waals surface area contributed by atoms with E-state index in [0.717, 1.165) is 62.6 Å². The van der Waals surface area contributed by atoms with Crippen LogP contribution in [0.3, 0.4) is 0 Å². The molecule has 0 saturated carbocycles. The van der Waals surface area contributed by atoms with E-state index in [-0.39, 0.29) is 26.2 Å². The SMILES string of the molecule is CC(=O)O.COCC(F)CN(CCCCc1ccc2c(n1)NCCC2)CCC(NC(=O)OCc1ccccc1)C(=O)O. The Kier molecular flexibility index (Phi) is 15.9. The predicted octanol–water partition coefficient (Wildman–Crippen LogP) is 3.91. The molecule has 0 saturated heterocycles. The molecule has 0 spiro atoms. The fraction of sp³-hybridized carbons (Fsp3) is 0.533. The fourth-order valence-corrected chi connectivity index (χ4v) is 4.43. The molecule has 4 N–H and O–H groups in total. The maximum Gasteiger partial charge on any atom is 0.408 e. The smallest absolute Gasteiger partial charge is 0.408 e. The van der Waals surface area contributed by atoms with Crippen LogP contribution in [0.15, 0.2) is 42.5 Å². The number of amides is 1. The van der Waals surface area contributed by atoms with Crippen molar-refractivity contribution in [3.63, 3.8) is 0 Å². The third kappa shape index (κ3) is 14.2. The summed E-state index contributed by atoms with van der Waals surface area (Å²) in [4.78, 5) is 39.6. The lowest BCUT2D eigenvalue weighted by atomic mass is 10.1. The number of carbonyl (C=O) groups is 3. The fourth-order valence-electron chi connectivity index (χ4n) is 4.43. The van der Waals surface area contributed by atoms with Gasteiger partial charge in [-0.05, 0) is 62.3 Å². The van der Waals surface area contributed by atoms with Crippen LogP contribution < -0.4 is 10.6 Å². The summed E-state index contributed by atoms with van der Waals surface area (Å²) in [5.74, 6) is -1.02. The molecular formula is C30H43FN4O7. The molecule has 12 heteroatoms. The maximum absolute atomic E-state index is 14.4. The molecular weight excluding hydrogens is 547 g/mol. The summed E-state index contributed by atoms with van der Waals surface area (Å²) in [5, 5.41) is 22.8. The van der Waals surface area contributed by atoms with Gasteiger partial charge in [0, 0.05) is 39.4 Å². The number of nitrogens with one attached hydrogen (secondary N) is 2. The summed E-state index contributed by atoms with van der Waals surface area (Å²) in [6, 6.07) is 12.2. The Morgan fingerprint density at radius 1 is 1.12 bits per heavy atom. The lowest BCUT2D eigenvalue weighted by Gasteiger charge is -2.25. The summed E-state index contributed by atoms with van der Waals surface area (Å²) < 4.78 is 24.4. The molecule has 42 heavy (non-hydrogen) atoms. The van der Waals surface area contributed by atoms with Gasteiger partial charge in [-0.25, -0.2) is 19.0 Å². The number of hydrogen-bond acceptors (Lipinski definition) is 8. The Morgan fingerprint density at radius 3 is 2.55 bits per heavy atom. The number of halogens is 1. The van der Waals surface area contributed by atoms with Crippen LogP contribution in [0, 0.1) is 0 Å². The number of unbranched alkanes of at least 4 members (excludes halogenated alkanes) is 1. The summed E-state index contributed by atoms with van der Waals surface area (Å²) in [6.45, 7) is 3.07. The van der Waals surface area contributed by atoms with Crippen LogP contribution in [0.5, 0.6) is 0 Å². The highest BCUT2D eigenvalue weighted by Gasteiger charge is 2.23. The van der Waals surface area contributed by atoms with E-state index in [0.29, 0.717) is 13.1 Å². The number of aromatic nitrogens is 1. The molecule has 2 unspecified atom stereocenters. The van der Waals surface area contributed by atoms with E-state index in [9.17, 15) is 19.1 Å². The number of carboxylic acid groups (broad SMARTS) is 2. The van der Waals surface area contributed by atoms with Crippen LogP contribution in [0.4, 0.5) is 15.0 Å². The van der Waals surface area contributed by atoms with Crippen LogP contribution in [0.25, 0.3) is 0 Å². The molecule has 2 atom stereocenters. The molecule has 1 aromatic carbocycles. The number of benzene rings is 1. The summed E-state index contributed by atoms with van der Waals surface area (Å²) in [6.07, 6.45) is 2.78. The van der Waals surface area contributed by atoms with E-state index < -0.39 is 30.2 Å². The van der Waals surface area contributed by atoms with Crippen LogP contribution in [0.2, 0.25) is 0 Å². The van der Waals surface area contributed by atoms with Crippen LogP contribution in [-0.2, 0) is 38.5 Å². The molecule has 232 valence electrons. The van der Waals surface area contributed by atoms with Gasteiger partial charge < -0.3 is 35.2 Å². The number of rotatable bonds is 16. The van der Waals surface area contributed by atoms with Crippen molar-refractivity contribution in [2.45, 2.75) is 64.3 Å². The minimum absolute atomic E-state index is 0.0328. The van der Waals surface area contributed by atoms with E-state index in [2.05, 4.69) is 22.8 Å². The zero-order chi connectivity index (χ0) is 30.7. The quantitative estimate of drug-likeness (QED) is 0.212. The number of aliphatic carboxylic acids is 2. The van der Waals surface area contributed by atoms with Crippen molar-refractivity contribution in [2.75, 3.05) is 45.2 Å². The second-order valence-corrected chi connectivity index (χ2v) is 10.1. The molecule has 0 radical (unpaired) electrons. The second kappa shape index (κ2) is 19.4. The number of carbonyl (C=O) groups excluding carboxylic acids is 1. The highest BCUT2D eigenvalue weighted by atomic mass is 19.1. The van der Waals surface area contributed by atoms with Crippen LogP contribution in [-0.4, -0.2) is 90.2 Å². The molecule has 2 heterocycles. The van der Waals surface area contributed by atoms with Gasteiger partial charge in [0.1, 0.15) is 24.6 Å². The number of fused-ring (bicyclic) bond motifs is 1. The van der Waals surface area contributed by atoms with Crippen molar-refractivity contribution in [1.82, 2.24) is 15.2 Å². The van der Waals surface area contributed by atoms with Crippen molar-refractivity contribution in [1.29, 1.82) is 0 Å². The van der Waals surface area contributed by atoms with E-state index in [1.807, 2.05) is 35.2 Å². The van der Waals surface area contributed by atoms with Gasteiger partial charge in [0.05, 0.1) is 6.61 Å². The molecule has 0 bridgehead atoms. The zero-order valence-electron chi connectivity index (χ0n) is 24.4. The first kappa shape index (κ1) is 34.4. The van der Waals surface area contributed by atoms with E-state index >= 15 is 0 Å². The molecule has 2 aromatic rings. The Balaban J connectivity index is 0.00000144. The molecule has 1 aromatic heterocycles. The Hall–Kier alpha value is -3.77. The maximum atomic E-state index is 14.4. The van der Waals surface area contributed by atoms with Gasteiger partial charge in [-0.3, -0.25) is 4.79 Å². The number of methoxy groups -OCH3 is 1. The van der Waals surface area contributed by atoms with Crippen LogP contribution in [0.1, 0.15) is 49.4 Å². The van der Waals surface area contributed by atoms with Crippen LogP contribution >= 0.6 is 0 Å². The topological polar surface area (TPSA) is 150 Å². The van der Waals surface area contributed by atoms with Crippen molar-refractivity contribution in [3.8, 4) is 0 Å². The normalized spacial score (nSPS) is 13.5. The number of ether oxygens (including phenoxy) is 2. The highest BCUT2D eigenvalue weighted by molar-refractivity contribution is 5.79. The Labute approximate surface area is 246 Å². The summed E-state index contributed by atoms with van der Waals surface area (Å²) in [7, 11) is 1.45. The number of alkyl carbamates (subject to hydrolysis) is 1. The monoisotopic (exact) mass is 590 g/mol. The van der Waals surface area contributed by atoms with Gasteiger partial charge in [-0.15, -0.1) is 0 Å². The highest BCUT2D eigenvalue weighted by Crippen LogP contribution is 2.20. The van der Waals surface area contributed by atoms with Crippen molar-refractivity contribution in [2.24, 2.45) is 0 Å². The first-order valence-corrected chi connectivity index (χ1v) is 14.2. The number of anilines is 1. The van der Waals surface area contributed by atoms with Gasteiger partial charge in [0.2, 0.25) is 0 Å². The van der Waals surface area contributed by atoms with Gasteiger partial charge >= 0.3 is 12.1 Å². The lowest BCUT2D eigenvalue weighted by Crippen LogP contribution is -2.44. The summed E-state index contributed by atoms with van der Waals surface area (Å²) in [5.41, 5.74) is 3.08. The molecule has 0 aliphatic carbocycles. The molecule has 11 nitrogen and oxygen atoms in total. The number of alkyl halides is 1. The average molecular weight is 591 g/mol. The number of aryl methyl sites for hydroxylation is 2. The summed E-state index contributed by atoms with van der Waals surface area (Å²) >= 11 is 0. The number of hydrogen-bond donors (Lipinski definition) is 4. The number of pyridine rings is 1. The minimum atomic E-state index is -1.19. The van der Waals surface area contributed by atoms with Crippen molar-refractivity contribution >= 4 is 23.8 Å². The first-order valence-electron chi connectivity index (χ1n) is 14.2. The largest absolute Gasteiger partial charge is 0.481 e. The molecule has 3 rings (SSSR count). The van der Waals surface area contributed by atoms with Gasteiger partial charge in [0.15, 0.2) is 0 Å². The number of nitrogens with zero attached hydrogens (tertiary/aromatic N) is 2. The predicted molar refractivity (Wildman–Crippen MR) is 156 cm³/mol. The minimum Gasteiger partial charge on any atom is -0.481 e. The standard InChI is InChI=1S/C28H39FN4O5.C2H4O2/c1-37-20-23(29)18-33(16-6-5-11-24-13-12-22-10-7-15-30-26(22)31-24)17-14-25(27(34)35)32-28(36)38-19-21-8-3-2-4-9-21;1-2(3)4/h2-4,8-9,12-13,23,25H,5-7,10-11,14-20H2,1H3,(H,30,31)(H,32,36)(H,34,35);1H3,(H,3,4). The van der Waals surface area contributed by atoms with Crippen molar-refractivity contribution in [3.05, 3.63) is 59.3 Å². The average Bonchev–Trinajstić information content (AvgIpc) is 2.96. The second-order valence-electron chi connectivity index (χ2n) is 10.1. The first-order chi connectivity index (χ1) is 20.2. The molecule has 0 fully saturated rings. The number of carboxylic acids is 2. The van der Waals surface area contributed by atoms with Crippen molar-refractivity contribution < 1.29 is 38.5 Å². The van der Waals surface area contributed by atoms with E-state index in [4.69, 9.17) is 24.4 Å². The lowest BCUT2D eigenvalue weighted by molar-refractivity contribution is -0.139. The van der Waals surface area contributed by atoms with Gasteiger partial charge in [-0.1, -0.05) is 36.4 Å². The van der Waals surface area contributed by atoms with Gasteiger partial charge in [0.25, 0.3) is 5.97 Å². The molecule has 1 amide bonds. The van der Waals surface area contributed by atoms with Gasteiger partial charge in [-0.2, -0.15) is 0 Å². The van der Waals surface area contributed by atoms with E-state index in [1.165, 1.54) is 12.7 Å². The molecule has 1 aliphatic heterocycles. The van der Waals surface area contributed by atoms with E-state index in [1.54, 1.807) is 0 Å². The Morgan fingerprint density at radius 2 is 1.86 bits per heavy atom.